The minimum atomic E-state index is -0.688. The summed E-state index contributed by atoms with van der Waals surface area (Å²) in [6.45, 7) is 4.06. The molecule has 0 aliphatic carbocycles. The molecule has 0 saturated carbocycles. The highest BCUT2D eigenvalue weighted by atomic mass is 19.1. The number of nitrogens with one attached hydrogen (secondary N) is 3. The Bertz CT molecular complexity index is 1040. The van der Waals surface area contributed by atoms with E-state index in [0.717, 1.165) is 0 Å². The van der Waals surface area contributed by atoms with Crippen molar-refractivity contribution in [3.63, 3.8) is 0 Å². The first-order chi connectivity index (χ1) is 14.5. The molecular weight excluding hydrogens is 387 g/mol. The molecule has 8 heteroatoms. The predicted molar refractivity (Wildman–Crippen MR) is 110 cm³/mol. The minimum absolute atomic E-state index is 0.210. The van der Waals surface area contributed by atoms with Crippen LogP contribution < -0.4 is 16.0 Å². The fourth-order valence-corrected chi connectivity index (χ4v) is 3.88. The number of hydrogen-bond acceptors (Lipinski definition) is 3. The Morgan fingerprint density at radius 3 is 2.80 bits per heavy atom. The van der Waals surface area contributed by atoms with E-state index in [2.05, 4.69) is 22.5 Å². The van der Waals surface area contributed by atoms with Crippen molar-refractivity contribution >= 4 is 23.5 Å². The third kappa shape index (κ3) is 3.63. The maximum atomic E-state index is 14.2. The zero-order chi connectivity index (χ0) is 21.3. The smallest absolute Gasteiger partial charge is 0.315 e. The second-order valence-corrected chi connectivity index (χ2v) is 7.28. The summed E-state index contributed by atoms with van der Waals surface area (Å²) in [6, 6.07) is 9.77. The van der Waals surface area contributed by atoms with Gasteiger partial charge in [0, 0.05) is 18.7 Å². The van der Waals surface area contributed by atoms with E-state index in [0.29, 0.717) is 35.3 Å². The number of rotatable bonds is 4. The Labute approximate surface area is 172 Å². The van der Waals surface area contributed by atoms with Crippen molar-refractivity contribution in [2.24, 2.45) is 0 Å². The summed E-state index contributed by atoms with van der Waals surface area (Å²) in [5.41, 5.74) is 1.61. The molecular formula is C22H21FN4O3. The van der Waals surface area contributed by atoms with Gasteiger partial charge in [-0.25, -0.2) is 9.18 Å². The lowest BCUT2D eigenvalue weighted by atomic mass is 10.0. The first-order valence-corrected chi connectivity index (χ1v) is 9.64. The summed E-state index contributed by atoms with van der Waals surface area (Å²) in [7, 11) is 0. The summed E-state index contributed by atoms with van der Waals surface area (Å²) in [5, 5.41) is 8.18. The maximum absolute atomic E-state index is 14.2. The number of fused-ring (bicyclic) bond motifs is 2. The molecule has 30 heavy (non-hydrogen) atoms. The van der Waals surface area contributed by atoms with E-state index < -0.39 is 11.9 Å². The van der Waals surface area contributed by atoms with Gasteiger partial charge in [0.15, 0.2) is 0 Å². The van der Waals surface area contributed by atoms with Gasteiger partial charge in [-0.1, -0.05) is 30.3 Å². The second-order valence-electron chi connectivity index (χ2n) is 7.28. The summed E-state index contributed by atoms with van der Waals surface area (Å²) >= 11 is 0. The lowest BCUT2D eigenvalue weighted by Crippen LogP contribution is -2.44. The first kappa shape index (κ1) is 19.6. The van der Waals surface area contributed by atoms with Crippen molar-refractivity contribution in [2.75, 3.05) is 18.4 Å². The van der Waals surface area contributed by atoms with Gasteiger partial charge in [-0.15, -0.1) is 6.58 Å². The Kier molecular flexibility index (Phi) is 5.22. The van der Waals surface area contributed by atoms with Gasteiger partial charge in [0.2, 0.25) is 5.91 Å². The monoisotopic (exact) mass is 408 g/mol. The van der Waals surface area contributed by atoms with Crippen LogP contribution in [0.25, 0.3) is 11.1 Å². The molecule has 1 saturated heterocycles. The molecule has 0 bridgehead atoms. The van der Waals surface area contributed by atoms with Crippen LogP contribution in [-0.4, -0.2) is 47.9 Å². The molecule has 2 aliphatic rings. The fraction of sp³-hybridized carbons (Fsp3) is 0.227. The average molecular weight is 408 g/mol. The van der Waals surface area contributed by atoms with Crippen molar-refractivity contribution in [1.29, 1.82) is 0 Å². The Morgan fingerprint density at radius 2 is 2.03 bits per heavy atom. The normalized spacial score (nSPS) is 20.0. The van der Waals surface area contributed by atoms with E-state index in [-0.39, 0.29) is 30.4 Å². The molecule has 3 N–H and O–H groups in total. The molecule has 0 radical (unpaired) electrons. The topological polar surface area (TPSA) is 90.5 Å². The van der Waals surface area contributed by atoms with Gasteiger partial charge in [0.1, 0.15) is 11.9 Å². The highest BCUT2D eigenvalue weighted by Gasteiger charge is 2.43. The van der Waals surface area contributed by atoms with Gasteiger partial charge in [-0.2, -0.15) is 0 Å². The molecule has 4 amide bonds. The molecule has 1 fully saturated rings. The number of anilines is 1. The SMILES string of the molecule is C=CCNC(=O)N[C@H]1C[C@H]2C(=O)Nc3ccc(-c4ccccc4F)cc3C(=O)N2C1. The number of hydrogen-bond donors (Lipinski definition) is 3. The van der Waals surface area contributed by atoms with Crippen LogP contribution in [0.2, 0.25) is 0 Å². The molecule has 2 heterocycles. The molecule has 7 nitrogen and oxygen atoms in total. The summed E-state index contributed by atoms with van der Waals surface area (Å²) in [6.07, 6.45) is 1.87. The first-order valence-electron chi connectivity index (χ1n) is 9.64. The molecule has 0 aromatic heterocycles. The molecule has 154 valence electrons. The summed E-state index contributed by atoms with van der Waals surface area (Å²) in [4.78, 5) is 39.3. The Morgan fingerprint density at radius 1 is 1.23 bits per heavy atom. The van der Waals surface area contributed by atoms with Crippen LogP contribution in [0.5, 0.6) is 0 Å². The van der Waals surface area contributed by atoms with Crippen molar-refractivity contribution in [3.8, 4) is 11.1 Å². The van der Waals surface area contributed by atoms with E-state index in [4.69, 9.17) is 0 Å². The minimum Gasteiger partial charge on any atom is -0.335 e. The zero-order valence-corrected chi connectivity index (χ0v) is 16.2. The second kappa shape index (κ2) is 7.98. The number of halogens is 1. The standard InChI is InChI=1S/C22H21FN4O3/c1-2-9-24-22(30)25-14-11-19-20(28)26-18-8-7-13(15-5-3-4-6-17(15)23)10-16(18)21(29)27(19)12-14/h2-8,10,14,19H,1,9,11-12H2,(H,26,28)(H2,24,25,30)/t14-,19-/m0/s1. The van der Waals surface area contributed by atoms with Gasteiger partial charge >= 0.3 is 6.03 Å². The van der Waals surface area contributed by atoms with E-state index in [1.807, 2.05) is 0 Å². The van der Waals surface area contributed by atoms with Crippen LogP contribution in [0.4, 0.5) is 14.9 Å². The van der Waals surface area contributed by atoms with Crippen LogP contribution in [0.15, 0.2) is 55.1 Å². The van der Waals surface area contributed by atoms with E-state index >= 15 is 0 Å². The number of benzene rings is 2. The van der Waals surface area contributed by atoms with Crippen molar-refractivity contribution in [2.45, 2.75) is 18.5 Å². The molecule has 2 aromatic rings. The Hall–Kier alpha value is -3.68. The molecule has 2 aromatic carbocycles. The number of urea groups is 1. The number of nitrogens with zero attached hydrogens (tertiary/aromatic N) is 1. The largest absolute Gasteiger partial charge is 0.335 e. The molecule has 2 atom stereocenters. The number of carbonyl (C=O) groups excluding carboxylic acids is 3. The van der Waals surface area contributed by atoms with Crippen molar-refractivity contribution < 1.29 is 18.8 Å². The van der Waals surface area contributed by atoms with Gasteiger partial charge in [-0.05, 0) is 30.2 Å². The predicted octanol–water partition coefficient (Wildman–Crippen LogP) is 2.51. The lowest BCUT2D eigenvalue weighted by Gasteiger charge is -2.20. The van der Waals surface area contributed by atoms with Crippen LogP contribution in [-0.2, 0) is 4.79 Å². The lowest BCUT2D eigenvalue weighted by molar-refractivity contribution is -0.119. The van der Waals surface area contributed by atoms with Gasteiger partial charge in [0.25, 0.3) is 5.91 Å². The zero-order valence-electron chi connectivity index (χ0n) is 16.2. The van der Waals surface area contributed by atoms with Crippen LogP contribution in [0.1, 0.15) is 16.8 Å². The van der Waals surface area contributed by atoms with Crippen molar-refractivity contribution in [1.82, 2.24) is 15.5 Å². The van der Waals surface area contributed by atoms with Crippen LogP contribution >= 0.6 is 0 Å². The highest BCUT2D eigenvalue weighted by Crippen LogP contribution is 2.32. The number of carbonyl (C=O) groups is 3. The van der Waals surface area contributed by atoms with Gasteiger partial charge in [-0.3, -0.25) is 9.59 Å². The average Bonchev–Trinajstić information content (AvgIpc) is 3.12. The van der Waals surface area contributed by atoms with Crippen LogP contribution in [0, 0.1) is 5.82 Å². The molecule has 0 unspecified atom stereocenters. The third-order valence-corrected chi connectivity index (χ3v) is 5.30. The highest BCUT2D eigenvalue weighted by molar-refractivity contribution is 6.10. The van der Waals surface area contributed by atoms with Gasteiger partial charge in [0.05, 0.1) is 17.3 Å². The summed E-state index contributed by atoms with van der Waals surface area (Å²) in [5.74, 6) is -1.03. The quantitative estimate of drug-likeness (QED) is 0.679. The Balaban J connectivity index is 1.60. The third-order valence-electron chi connectivity index (χ3n) is 5.30. The van der Waals surface area contributed by atoms with E-state index in [1.54, 1.807) is 42.5 Å². The molecule has 2 aliphatic heterocycles. The van der Waals surface area contributed by atoms with Crippen molar-refractivity contribution in [3.05, 3.63) is 66.5 Å². The van der Waals surface area contributed by atoms with Crippen LogP contribution in [0.3, 0.4) is 0 Å². The van der Waals surface area contributed by atoms with E-state index in [9.17, 15) is 18.8 Å². The fourth-order valence-electron chi connectivity index (χ4n) is 3.88. The van der Waals surface area contributed by atoms with E-state index in [1.165, 1.54) is 11.0 Å². The number of amides is 4. The summed E-state index contributed by atoms with van der Waals surface area (Å²) < 4.78 is 14.2. The molecule has 4 rings (SSSR count). The molecule has 0 spiro atoms. The van der Waals surface area contributed by atoms with Gasteiger partial charge < -0.3 is 20.9 Å². The maximum Gasteiger partial charge on any atom is 0.315 e.